The Kier molecular flexibility index (Phi) is 6.30. The van der Waals surface area contributed by atoms with Gasteiger partial charge in [0.05, 0.1) is 5.75 Å². The van der Waals surface area contributed by atoms with Crippen LogP contribution in [0.15, 0.2) is 0 Å². The highest BCUT2D eigenvalue weighted by atomic mass is 32.2. The molecule has 1 atom stereocenters. The average Bonchev–Trinajstić information content (AvgIpc) is 3.03. The molecule has 1 unspecified atom stereocenters. The third-order valence-electron chi connectivity index (χ3n) is 4.43. The van der Waals surface area contributed by atoms with E-state index in [1.807, 2.05) is 0 Å². The van der Waals surface area contributed by atoms with Gasteiger partial charge in [0.15, 0.2) is 0 Å². The molecule has 0 bridgehead atoms. The zero-order valence-electron chi connectivity index (χ0n) is 13.7. The van der Waals surface area contributed by atoms with Crippen LogP contribution in [0.25, 0.3) is 0 Å². The van der Waals surface area contributed by atoms with Gasteiger partial charge in [-0.2, -0.15) is 13.2 Å². The Morgan fingerprint density at radius 2 is 1.68 bits per heavy atom. The highest BCUT2D eigenvalue weighted by molar-refractivity contribution is 7.89. The number of halogens is 3. The van der Waals surface area contributed by atoms with Gasteiger partial charge in [0.25, 0.3) is 0 Å². The first-order chi connectivity index (χ1) is 11.6. The predicted molar refractivity (Wildman–Crippen MR) is 83.0 cm³/mol. The lowest BCUT2D eigenvalue weighted by molar-refractivity contribution is -0.186. The van der Waals surface area contributed by atoms with Crippen molar-refractivity contribution in [3.63, 3.8) is 0 Å². The standard InChI is InChI=1S/C14H22F3N3O4S/c15-14(16,17)13(22)20-9-4-5-11(20)12(21)18-6-10-25(23,24)19-7-2-1-3-8-19/h11H,1-10H2,(H,18,21). The van der Waals surface area contributed by atoms with Crippen LogP contribution in [-0.2, 0) is 19.6 Å². The lowest BCUT2D eigenvalue weighted by Gasteiger charge is -2.26. The molecule has 144 valence electrons. The second-order valence-electron chi connectivity index (χ2n) is 6.22. The third-order valence-corrected chi connectivity index (χ3v) is 6.30. The van der Waals surface area contributed by atoms with E-state index in [-0.39, 0.29) is 25.3 Å². The van der Waals surface area contributed by atoms with Crippen LogP contribution in [0.3, 0.4) is 0 Å². The third kappa shape index (κ3) is 5.06. The van der Waals surface area contributed by atoms with Crippen LogP contribution in [0.2, 0.25) is 0 Å². The molecule has 2 aliphatic rings. The van der Waals surface area contributed by atoms with Crippen LogP contribution in [0.5, 0.6) is 0 Å². The van der Waals surface area contributed by atoms with E-state index in [2.05, 4.69) is 5.32 Å². The monoisotopic (exact) mass is 385 g/mol. The molecule has 0 spiro atoms. The SMILES string of the molecule is O=C(NCCS(=O)(=O)N1CCCCC1)C1CCCN1C(=O)C(F)(F)F. The molecule has 0 aromatic heterocycles. The molecule has 0 aromatic carbocycles. The largest absolute Gasteiger partial charge is 0.471 e. The highest BCUT2D eigenvalue weighted by Gasteiger charge is 2.47. The molecule has 11 heteroatoms. The Bertz CT molecular complexity index is 603. The minimum Gasteiger partial charge on any atom is -0.353 e. The number of carbonyl (C=O) groups excluding carboxylic acids is 2. The number of sulfonamides is 1. The average molecular weight is 385 g/mol. The minimum absolute atomic E-state index is 0.131. The van der Waals surface area contributed by atoms with E-state index in [9.17, 15) is 31.2 Å². The lowest BCUT2D eigenvalue weighted by Crippen LogP contribution is -2.51. The molecular formula is C14H22F3N3O4S. The van der Waals surface area contributed by atoms with Crippen LogP contribution in [-0.4, -0.2) is 73.6 Å². The fraction of sp³-hybridized carbons (Fsp3) is 0.857. The summed E-state index contributed by atoms with van der Waals surface area (Å²) >= 11 is 0. The number of nitrogens with one attached hydrogen (secondary N) is 1. The quantitative estimate of drug-likeness (QED) is 0.746. The number of hydrogen-bond acceptors (Lipinski definition) is 4. The molecule has 2 fully saturated rings. The molecule has 25 heavy (non-hydrogen) atoms. The number of alkyl halides is 3. The number of nitrogens with zero attached hydrogens (tertiary/aromatic N) is 2. The first-order valence-electron chi connectivity index (χ1n) is 8.26. The summed E-state index contributed by atoms with van der Waals surface area (Å²) in [5.41, 5.74) is 0. The Labute approximate surface area is 144 Å². The number of piperidine rings is 1. The molecular weight excluding hydrogens is 363 g/mol. The molecule has 0 radical (unpaired) electrons. The molecule has 0 aliphatic carbocycles. The predicted octanol–water partition coefficient (Wildman–Crippen LogP) is 0.472. The van der Waals surface area contributed by atoms with Crippen molar-refractivity contribution in [2.24, 2.45) is 0 Å². The van der Waals surface area contributed by atoms with Crippen molar-refractivity contribution < 1.29 is 31.2 Å². The van der Waals surface area contributed by atoms with Crippen molar-refractivity contribution in [2.45, 2.75) is 44.3 Å². The topological polar surface area (TPSA) is 86.8 Å². The molecule has 2 saturated heterocycles. The molecule has 7 nitrogen and oxygen atoms in total. The van der Waals surface area contributed by atoms with Crippen molar-refractivity contribution >= 4 is 21.8 Å². The fourth-order valence-electron chi connectivity index (χ4n) is 3.14. The van der Waals surface area contributed by atoms with Gasteiger partial charge in [0.2, 0.25) is 15.9 Å². The van der Waals surface area contributed by atoms with Crippen molar-refractivity contribution in [1.29, 1.82) is 0 Å². The van der Waals surface area contributed by atoms with Gasteiger partial charge in [0.1, 0.15) is 6.04 Å². The summed E-state index contributed by atoms with van der Waals surface area (Å²) in [5, 5.41) is 2.35. The number of rotatable bonds is 5. The number of carbonyl (C=O) groups is 2. The maximum absolute atomic E-state index is 12.5. The van der Waals surface area contributed by atoms with Crippen molar-refractivity contribution in [1.82, 2.24) is 14.5 Å². The summed E-state index contributed by atoms with van der Waals surface area (Å²) in [7, 11) is -3.50. The van der Waals surface area contributed by atoms with Gasteiger partial charge >= 0.3 is 12.1 Å². The van der Waals surface area contributed by atoms with Gasteiger partial charge in [-0.3, -0.25) is 9.59 Å². The van der Waals surface area contributed by atoms with Crippen LogP contribution in [0, 0.1) is 0 Å². The second kappa shape index (κ2) is 7.90. The van der Waals surface area contributed by atoms with E-state index in [1.165, 1.54) is 4.31 Å². The van der Waals surface area contributed by atoms with Gasteiger partial charge in [-0.15, -0.1) is 0 Å². The van der Waals surface area contributed by atoms with Gasteiger partial charge in [-0.1, -0.05) is 6.42 Å². The van der Waals surface area contributed by atoms with Crippen LogP contribution in [0.4, 0.5) is 13.2 Å². The zero-order chi connectivity index (χ0) is 18.7. The molecule has 2 rings (SSSR count). The van der Waals surface area contributed by atoms with Gasteiger partial charge < -0.3 is 10.2 Å². The lowest BCUT2D eigenvalue weighted by atomic mass is 10.2. The second-order valence-corrected chi connectivity index (χ2v) is 8.31. The van der Waals surface area contributed by atoms with Gasteiger partial charge in [-0.25, -0.2) is 12.7 Å². The van der Waals surface area contributed by atoms with E-state index in [0.717, 1.165) is 19.3 Å². The molecule has 2 heterocycles. The fourth-order valence-corrected chi connectivity index (χ4v) is 4.57. The Hall–Kier alpha value is -1.36. The number of likely N-dealkylation sites (tertiary alicyclic amines) is 1. The normalized spacial score (nSPS) is 22.8. The van der Waals surface area contributed by atoms with E-state index in [1.54, 1.807) is 0 Å². The van der Waals surface area contributed by atoms with Crippen molar-refractivity contribution in [2.75, 3.05) is 31.9 Å². The van der Waals surface area contributed by atoms with Crippen LogP contribution in [0.1, 0.15) is 32.1 Å². The summed E-state index contributed by atoms with van der Waals surface area (Å²) in [4.78, 5) is 23.9. The Morgan fingerprint density at radius 3 is 2.28 bits per heavy atom. The number of amides is 2. The van der Waals surface area contributed by atoms with E-state index in [0.29, 0.717) is 24.4 Å². The molecule has 1 N–H and O–H groups in total. The Balaban J connectivity index is 1.86. The smallest absolute Gasteiger partial charge is 0.353 e. The van der Waals surface area contributed by atoms with E-state index in [4.69, 9.17) is 0 Å². The van der Waals surface area contributed by atoms with E-state index < -0.39 is 34.1 Å². The maximum atomic E-state index is 12.5. The molecule has 0 saturated carbocycles. The van der Waals surface area contributed by atoms with Crippen LogP contribution >= 0.6 is 0 Å². The summed E-state index contributed by atoms with van der Waals surface area (Å²) < 4.78 is 63.3. The number of hydrogen-bond donors (Lipinski definition) is 1. The summed E-state index contributed by atoms with van der Waals surface area (Å²) in [6.07, 6.45) is -2.03. The van der Waals surface area contributed by atoms with Gasteiger partial charge in [-0.05, 0) is 25.7 Å². The maximum Gasteiger partial charge on any atom is 0.471 e. The summed E-state index contributed by atoms with van der Waals surface area (Å²) in [6, 6.07) is -1.20. The van der Waals surface area contributed by atoms with E-state index >= 15 is 0 Å². The summed E-state index contributed by atoms with van der Waals surface area (Å²) in [5.74, 6) is -3.09. The minimum atomic E-state index is -5.03. The van der Waals surface area contributed by atoms with Gasteiger partial charge in [0, 0.05) is 26.2 Å². The van der Waals surface area contributed by atoms with Crippen molar-refractivity contribution in [3.05, 3.63) is 0 Å². The van der Waals surface area contributed by atoms with Crippen molar-refractivity contribution in [3.8, 4) is 0 Å². The highest BCUT2D eigenvalue weighted by Crippen LogP contribution is 2.25. The first kappa shape index (κ1) is 20.0. The molecule has 2 aliphatic heterocycles. The molecule has 2 amide bonds. The summed E-state index contributed by atoms with van der Waals surface area (Å²) in [6.45, 7) is 0.574. The Morgan fingerprint density at radius 1 is 1.04 bits per heavy atom. The zero-order valence-corrected chi connectivity index (χ0v) is 14.5. The first-order valence-corrected chi connectivity index (χ1v) is 9.87. The van der Waals surface area contributed by atoms with Crippen LogP contribution < -0.4 is 5.32 Å². The molecule has 0 aromatic rings.